The van der Waals surface area contributed by atoms with Gasteiger partial charge in [0.2, 0.25) is 11.8 Å². The molecule has 0 fully saturated rings. The van der Waals surface area contributed by atoms with Crippen LogP contribution in [0.2, 0.25) is 0 Å². The van der Waals surface area contributed by atoms with Crippen LogP contribution in [0, 0.1) is 5.92 Å². The lowest BCUT2D eigenvalue weighted by molar-refractivity contribution is -0.125. The lowest BCUT2D eigenvalue weighted by Gasteiger charge is -2.15. The van der Waals surface area contributed by atoms with E-state index >= 15 is 0 Å². The van der Waals surface area contributed by atoms with Crippen LogP contribution in [0.15, 0.2) is 24.4 Å². The summed E-state index contributed by atoms with van der Waals surface area (Å²) >= 11 is 0. The monoisotopic (exact) mass is 325 g/mol. The number of nitrogens with zero attached hydrogens (tertiary/aromatic N) is 1. The number of carbonyl (C=O) groups excluding carboxylic acids is 2. The van der Waals surface area contributed by atoms with Crippen molar-refractivity contribution in [3.05, 3.63) is 24.4 Å². The van der Waals surface area contributed by atoms with Crippen LogP contribution < -0.4 is 16.4 Å². The smallest absolute Gasteiger partial charge is 0.243 e. The Balaban J connectivity index is 0.00000242. The second kappa shape index (κ2) is 7.77. The van der Waals surface area contributed by atoms with E-state index in [-0.39, 0.29) is 36.7 Å². The molecule has 0 saturated heterocycles. The Bertz CT molecular complexity index is 655. The summed E-state index contributed by atoms with van der Waals surface area (Å²) in [5, 5.41) is 12.9. The van der Waals surface area contributed by atoms with Gasteiger partial charge in [0.15, 0.2) is 0 Å². The van der Waals surface area contributed by atoms with Gasteiger partial charge in [-0.1, -0.05) is 26.0 Å². The van der Waals surface area contributed by atoms with Gasteiger partial charge in [0, 0.05) is 5.39 Å². The maximum Gasteiger partial charge on any atom is 0.243 e. The number of amides is 2. The molecular formula is C14H20ClN5O2. The third kappa shape index (κ3) is 4.19. The van der Waals surface area contributed by atoms with Gasteiger partial charge in [-0.25, -0.2) is 0 Å². The summed E-state index contributed by atoms with van der Waals surface area (Å²) in [6.07, 6.45) is 1.68. The van der Waals surface area contributed by atoms with Crippen LogP contribution >= 0.6 is 12.4 Å². The van der Waals surface area contributed by atoms with Crippen molar-refractivity contribution in [2.24, 2.45) is 11.7 Å². The summed E-state index contributed by atoms with van der Waals surface area (Å²) in [7, 11) is 0. The molecule has 1 aromatic carbocycles. The van der Waals surface area contributed by atoms with Gasteiger partial charge >= 0.3 is 0 Å². The van der Waals surface area contributed by atoms with Crippen molar-refractivity contribution in [2.45, 2.75) is 19.9 Å². The second-order valence-corrected chi connectivity index (χ2v) is 5.18. The normalized spacial score (nSPS) is 11.8. The number of para-hydroxylation sites is 1. The van der Waals surface area contributed by atoms with Crippen LogP contribution in [0.25, 0.3) is 10.9 Å². The molecule has 22 heavy (non-hydrogen) atoms. The van der Waals surface area contributed by atoms with Gasteiger partial charge in [0.25, 0.3) is 0 Å². The Kier molecular flexibility index (Phi) is 6.33. The largest absolute Gasteiger partial charge is 0.346 e. The van der Waals surface area contributed by atoms with Crippen molar-refractivity contribution >= 4 is 40.8 Å². The van der Waals surface area contributed by atoms with Crippen molar-refractivity contribution in [1.82, 2.24) is 15.5 Å². The molecule has 0 bridgehead atoms. The molecule has 7 nitrogen and oxygen atoms in total. The van der Waals surface area contributed by atoms with Crippen LogP contribution in [0.5, 0.6) is 0 Å². The second-order valence-electron chi connectivity index (χ2n) is 5.18. The first kappa shape index (κ1) is 17.9. The fourth-order valence-electron chi connectivity index (χ4n) is 1.86. The molecule has 0 aliphatic rings. The number of rotatable bonds is 5. The molecule has 0 spiro atoms. The number of aromatic amines is 1. The van der Waals surface area contributed by atoms with E-state index in [2.05, 4.69) is 20.8 Å². The first-order valence-corrected chi connectivity index (χ1v) is 6.74. The predicted octanol–water partition coefficient (Wildman–Crippen LogP) is 1.02. The average molecular weight is 326 g/mol. The van der Waals surface area contributed by atoms with Crippen molar-refractivity contribution in [1.29, 1.82) is 0 Å². The first-order chi connectivity index (χ1) is 9.99. The van der Waals surface area contributed by atoms with E-state index in [1.807, 2.05) is 26.0 Å². The SMILES string of the molecule is CC(C)[C@H](N)C(=O)NCC(=O)Nc1cccc2cn[nH]c12.Cl. The van der Waals surface area contributed by atoms with Crippen molar-refractivity contribution in [3.8, 4) is 0 Å². The molecule has 2 aromatic rings. The van der Waals surface area contributed by atoms with Gasteiger partial charge in [-0.2, -0.15) is 5.10 Å². The van der Waals surface area contributed by atoms with E-state index in [1.165, 1.54) is 0 Å². The molecule has 8 heteroatoms. The Morgan fingerprint density at radius 1 is 1.36 bits per heavy atom. The summed E-state index contributed by atoms with van der Waals surface area (Å²) < 4.78 is 0. The number of carbonyl (C=O) groups is 2. The maximum absolute atomic E-state index is 11.9. The third-order valence-corrected chi connectivity index (χ3v) is 3.19. The summed E-state index contributed by atoms with van der Waals surface area (Å²) in [4.78, 5) is 23.6. The first-order valence-electron chi connectivity index (χ1n) is 6.74. The number of hydrogen-bond donors (Lipinski definition) is 4. The van der Waals surface area contributed by atoms with E-state index < -0.39 is 6.04 Å². The number of H-pyrrole nitrogens is 1. The van der Waals surface area contributed by atoms with Gasteiger partial charge < -0.3 is 16.4 Å². The van der Waals surface area contributed by atoms with Gasteiger partial charge in [-0.3, -0.25) is 14.7 Å². The highest BCUT2D eigenvalue weighted by Gasteiger charge is 2.17. The van der Waals surface area contributed by atoms with Gasteiger partial charge in [0.05, 0.1) is 30.0 Å². The zero-order chi connectivity index (χ0) is 15.4. The molecule has 1 atom stereocenters. The van der Waals surface area contributed by atoms with Gasteiger partial charge in [0.1, 0.15) is 0 Å². The summed E-state index contributed by atoms with van der Waals surface area (Å²) in [5.41, 5.74) is 7.07. The standard InChI is InChI=1S/C14H19N5O2.ClH/c1-8(2)12(15)14(21)16-7-11(20)18-10-5-3-4-9-6-17-19-13(9)10;/h3-6,8,12H,7,15H2,1-2H3,(H,16,21)(H,17,19)(H,18,20);1H/t12-;/m0./s1. The lowest BCUT2D eigenvalue weighted by Crippen LogP contribution is -2.46. The van der Waals surface area contributed by atoms with Crippen LogP contribution in [0.4, 0.5) is 5.69 Å². The molecule has 1 aromatic heterocycles. The summed E-state index contributed by atoms with van der Waals surface area (Å²) in [6.45, 7) is 3.58. The molecule has 1 heterocycles. The van der Waals surface area contributed by atoms with Crippen LogP contribution in [0.3, 0.4) is 0 Å². The number of nitrogens with two attached hydrogens (primary N) is 1. The van der Waals surface area contributed by atoms with Crippen molar-refractivity contribution in [3.63, 3.8) is 0 Å². The minimum absolute atomic E-state index is 0. The molecule has 0 radical (unpaired) electrons. The number of hydrogen-bond acceptors (Lipinski definition) is 4. The number of nitrogens with one attached hydrogen (secondary N) is 3. The maximum atomic E-state index is 11.9. The molecule has 2 rings (SSSR count). The Morgan fingerprint density at radius 2 is 2.09 bits per heavy atom. The number of fused-ring (bicyclic) bond motifs is 1. The highest BCUT2D eigenvalue weighted by molar-refractivity contribution is 6.01. The summed E-state index contributed by atoms with van der Waals surface area (Å²) in [6, 6.07) is 4.85. The molecular weight excluding hydrogens is 306 g/mol. The van der Waals surface area contributed by atoms with Crippen molar-refractivity contribution < 1.29 is 9.59 Å². The van der Waals surface area contributed by atoms with E-state index in [9.17, 15) is 9.59 Å². The molecule has 0 aliphatic heterocycles. The highest BCUT2D eigenvalue weighted by atomic mass is 35.5. The van der Waals surface area contributed by atoms with E-state index in [0.717, 1.165) is 10.9 Å². The molecule has 0 aliphatic carbocycles. The topological polar surface area (TPSA) is 113 Å². The van der Waals surface area contributed by atoms with Gasteiger partial charge in [-0.05, 0) is 12.0 Å². The minimum atomic E-state index is -0.617. The van der Waals surface area contributed by atoms with Crippen LogP contribution in [0.1, 0.15) is 13.8 Å². The lowest BCUT2D eigenvalue weighted by atomic mass is 10.1. The quantitative estimate of drug-likeness (QED) is 0.657. The zero-order valence-corrected chi connectivity index (χ0v) is 13.2. The zero-order valence-electron chi connectivity index (χ0n) is 12.4. The Morgan fingerprint density at radius 3 is 2.77 bits per heavy atom. The fraction of sp³-hybridized carbons (Fsp3) is 0.357. The molecule has 0 saturated carbocycles. The number of aromatic nitrogens is 2. The highest BCUT2D eigenvalue weighted by Crippen LogP contribution is 2.19. The Labute approximate surface area is 134 Å². The number of anilines is 1. The van der Waals surface area contributed by atoms with Crippen molar-refractivity contribution in [2.75, 3.05) is 11.9 Å². The Hall–Kier alpha value is -2.12. The fourth-order valence-corrected chi connectivity index (χ4v) is 1.86. The van der Waals surface area contributed by atoms with Gasteiger partial charge in [-0.15, -0.1) is 12.4 Å². The minimum Gasteiger partial charge on any atom is -0.346 e. The van der Waals surface area contributed by atoms with E-state index in [4.69, 9.17) is 5.73 Å². The number of benzene rings is 1. The average Bonchev–Trinajstić information content (AvgIpc) is 2.93. The predicted molar refractivity (Wildman–Crippen MR) is 87.8 cm³/mol. The van der Waals surface area contributed by atoms with E-state index in [0.29, 0.717) is 5.69 Å². The van der Waals surface area contributed by atoms with E-state index in [1.54, 1.807) is 12.3 Å². The summed E-state index contributed by atoms with van der Waals surface area (Å²) in [5.74, 6) is -0.631. The molecule has 2 amide bonds. The molecule has 120 valence electrons. The molecule has 5 N–H and O–H groups in total. The number of halogens is 1. The van der Waals surface area contributed by atoms with Crippen LogP contribution in [-0.4, -0.2) is 34.6 Å². The third-order valence-electron chi connectivity index (χ3n) is 3.19. The van der Waals surface area contributed by atoms with Crippen LogP contribution in [-0.2, 0) is 9.59 Å². The molecule has 0 unspecified atom stereocenters.